The molecule has 0 aromatic heterocycles. The van der Waals surface area contributed by atoms with Gasteiger partial charge in [0.05, 0.1) is 16.8 Å². The number of alkyl halides is 3. The average Bonchev–Trinajstić information content (AvgIpc) is 2.74. The minimum absolute atomic E-state index is 0.102. The zero-order valence-electron chi connectivity index (χ0n) is 17.2. The Morgan fingerprint density at radius 3 is 2.19 bits per heavy atom. The van der Waals surface area contributed by atoms with Crippen molar-refractivity contribution in [3.63, 3.8) is 0 Å². The molecule has 0 radical (unpaired) electrons. The number of primary amides is 1. The number of carbonyl (C=O) groups excluding carboxylic acids is 2. The smallest absolute Gasteiger partial charge is 0.366 e. The molecule has 1 aliphatic heterocycles. The fraction of sp³-hybridized carbons (Fsp3) is 0.364. The van der Waals surface area contributed by atoms with E-state index in [0.717, 1.165) is 50.4 Å². The predicted molar refractivity (Wildman–Crippen MR) is 112 cm³/mol. The number of piperazine rings is 1. The van der Waals surface area contributed by atoms with Gasteiger partial charge in [-0.05, 0) is 43.4 Å². The number of likely N-dealkylation sites (N-methyl/N-ethyl adjacent to an activating group) is 1. The van der Waals surface area contributed by atoms with Gasteiger partial charge in [-0.3, -0.25) is 14.5 Å². The molecule has 1 saturated heterocycles. The van der Waals surface area contributed by atoms with Crippen molar-refractivity contribution in [2.45, 2.75) is 6.18 Å². The molecule has 0 atom stereocenters. The van der Waals surface area contributed by atoms with Crippen LogP contribution in [0, 0.1) is 0 Å². The summed E-state index contributed by atoms with van der Waals surface area (Å²) in [4.78, 5) is 31.0. The van der Waals surface area contributed by atoms with Gasteiger partial charge in [0, 0.05) is 44.8 Å². The maximum atomic E-state index is 13.3. The number of benzene rings is 2. The zero-order chi connectivity index (χ0) is 22.6. The van der Waals surface area contributed by atoms with Gasteiger partial charge in [0.25, 0.3) is 11.8 Å². The van der Waals surface area contributed by atoms with Gasteiger partial charge in [0.1, 0.15) is 0 Å². The zero-order valence-corrected chi connectivity index (χ0v) is 17.2. The molecular formula is C22H25F3N4O2. The summed E-state index contributed by atoms with van der Waals surface area (Å²) in [5.41, 5.74) is 5.29. The van der Waals surface area contributed by atoms with Crippen LogP contribution in [0.4, 0.5) is 18.9 Å². The lowest BCUT2D eigenvalue weighted by Gasteiger charge is -2.34. The van der Waals surface area contributed by atoms with Crippen LogP contribution in [-0.4, -0.2) is 67.9 Å². The molecule has 2 aromatic carbocycles. The van der Waals surface area contributed by atoms with E-state index < -0.39 is 23.6 Å². The number of halogens is 3. The van der Waals surface area contributed by atoms with Gasteiger partial charge in [0.15, 0.2) is 0 Å². The van der Waals surface area contributed by atoms with Crippen LogP contribution >= 0.6 is 0 Å². The third-order valence-corrected chi connectivity index (χ3v) is 5.40. The molecule has 2 aromatic rings. The highest BCUT2D eigenvalue weighted by molar-refractivity contribution is 6.10. The van der Waals surface area contributed by atoms with E-state index in [9.17, 15) is 22.8 Å². The Balaban J connectivity index is 1.88. The monoisotopic (exact) mass is 434 g/mol. The second kappa shape index (κ2) is 9.49. The van der Waals surface area contributed by atoms with E-state index in [1.165, 1.54) is 11.0 Å². The van der Waals surface area contributed by atoms with Crippen LogP contribution in [-0.2, 0) is 6.18 Å². The normalized spacial score (nSPS) is 15.6. The maximum absolute atomic E-state index is 13.3. The quantitative estimate of drug-likeness (QED) is 0.759. The van der Waals surface area contributed by atoms with Crippen molar-refractivity contribution in [3.05, 3.63) is 65.2 Å². The van der Waals surface area contributed by atoms with E-state index in [0.29, 0.717) is 12.2 Å². The average molecular weight is 434 g/mol. The van der Waals surface area contributed by atoms with Crippen molar-refractivity contribution in [2.24, 2.45) is 5.73 Å². The van der Waals surface area contributed by atoms with Gasteiger partial charge >= 0.3 is 6.18 Å². The van der Waals surface area contributed by atoms with Crippen LogP contribution in [0.25, 0.3) is 0 Å². The standard InChI is InChI=1S/C22H25F3N4O2/c1-27-10-12-28(13-11-27)14-15-29(19-5-3-2-4-18(19)20(26)30)21(31)16-6-8-17(9-7-16)22(23,24)25/h2-9H,10-15H2,1H3,(H2,26,30). The Hall–Kier alpha value is -2.91. The molecule has 0 unspecified atom stereocenters. The van der Waals surface area contributed by atoms with Crippen molar-refractivity contribution in [3.8, 4) is 0 Å². The molecule has 0 saturated carbocycles. The molecule has 1 aliphatic rings. The predicted octanol–water partition coefficient (Wildman–Crippen LogP) is 2.70. The summed E-state index contributed by atoms with van der Waals surface area (Å²) >= 11 is 0. The number of carbonyl (C=O) groups is 2. The highest BCUT2D eigenvalue weighted by Crippen LogP contribution is 2.30. The summed E-state index contributed by atoms with van der Waals surface area (Å²) in [6, 6.07) is 10.5. The number of nitrogens with two attached hydrogens (primary N) is 1. The summed E-state index contributed by atoms with van der Waals surface area (Å²) in [5, 5.41) is 0. The number of anilines is 1. The Morgan fingerprint density at radius 1 is 1.00 bits per heavy atom. The number of hydrogen-bond donors (Lipinski definition) is 1. The molecule has 1 fully saturated rings. The lowest BCUT2D eigenvalue weighted by atomic mass is 10.1. The molecule has 2 amide bonds. The molecule has 31 heavy (non-hydrogen) atoms. The second-order valence-corrected chi connectivity index (χ2v) is 7.56. The molecule has 6 nitrogen and oxygen atoms in total. The maximum Gasteiger partial charge on any atom is 0.416 e. The fourth-order valence-electron chi connectivity index (χ4n) is 3.52. The Labute approximate surface area is 179 Å². The van der Waals surface area contributed by atoms with Gasteiger partial charge in [-0.2, -0.15) is 13.2 Å². The van der Waals surface area contributed by atoms with Crippen LogP contribution in [0.15, 0.2) is 48.5 Å². The molecule has 0 bridgehead atoms. The van der Waals surface area contributed by atoms with E-state index in [1.54, 1.807) is 18.2 Å². The first-order chi connectivity index (χ1) is 14.7. The summed E-state index contributed by atoms with van der Waals surface area (Å²) in [6.45, 7) is 4.34. The van der Waals surface area contributed by atoms with Crippen molar-refractivity contribution in [2.75, 3.05) is 51.2 Å². The minimum Gasteiger partial charge on any atom is -0.366 e. The van der Waals surface area contributed by atoms with Crippen molar-refractivity contribution in [1.82, 2.24) is 9.80 Å². The molecule has 2 N–H and O–H groups in total. The van der Waals surface area contributed by atoms with E-state index in [-0.39, 0.29) is 17.7 Å². The van der Waals surface area contributed by atoms with Gasteiger partial charge in [-0.1, -0.05) is 12.1 Å². The lowest BCUT2D eigenvalue weighted by molar-refractivity contribution is -0.137. The Morgan fingerprint density at radius 2 is 1.61 bits per heavy atom. The Kier molecular flexibility index (Phi) is 6.97. The van der Waals surface area contributed by atoms with E-state index >= 15 is 0 Å². The van der Waals surface area contributed by atoms with Gasteiger partial charge in [-0.15, -0.1) is 0 Å². The first-order valence-electron chi connectivity index (χ1n) is 9.95. The molecule has 166 valence electrons. The molecule has 9 heteroatoms. The summed E-state index contributed by atoms with van der Waals surface area (Å²) in [7, 11) is 2.04. The fourth-order valence-corrected chi connectivity index (χ4v) is 3.52. The third-order valence-electron chi connectivity index (χ3n) is 5.40. The topological polar surface area (TPSA) is 69.9 Å². The first-order valence-corrected chi connectivity index (χ1v) is 9.95. The van der Waals surface area contributed by atoms with Crippen LogP contribution in [0.3, 0.4) is 0 Å². The highest BCUT2D eigenvalue weighted by atomic mass is 19.4. The van der Waals surface area contributed by atoms with Crippen LogP contribution in [0.5, 0.6) is 0 Å². The summed E-state index contributed by atoms with van der Waals surface area (Å²) in [6.07, 6.45) is -4.48. The number of para-hydroxylation sites is 1. The van der Waals surface area contributed by atoms with Gasteiger partial charge < -0.3 is 15.5 Å². The first kappa shape index (κ1) is 22.8. The number of rotatable bonds is 6. The molecular weight excluding hydrogens is 409 g/mol. The van der Waals surface area contributed by atoms with Gasteiger partial charge in [-0.25, -0.2) is 0 Å². The SMILES string of the molecule is CN1CCN(CCN(C(=O)c2ccc(C(F)(F)F)cc2)c2ccccc2C(N)=O)CC1. The molecule has 0 aliphatic carbocycles. The second-order valence-electron chi connectivity index (χ2n) is 7.56. The molecule has 3 rings (SSSR count). The van der Waals surface area contributed by atoms with Crippen LogP contribution in [0.2, 0.25) is 0 Å². The Bertz CT molecular complexity index is 923. The number of amides is 2. The van der Waals surface area contributed by atoms with Crippen LogP contribution < -0.4 is 10.6 Å². The molecule has 1 heterocycles. The summed E-state index contributed by atoms with van der Waals surface area (Å²) < 4.78 is 38.7. The summed E-state index contributed by atoms with van der Waals surface area (Å²) in [5.74, 6) is -1.17. The van der Waals surface area contributed by atoms with Crippen LogP contribution in [0.1, 0.15) is 26.3 Å². The highest BCUT2D eigenvalue weighted by Gasteiger charge is 2.31. The number of nitrogens with zero attached hydrogens (tertiary/aromatic N) is 3. The van der Waals surface area contributed by atoms with Crippen molar-refractivity contribution in [1.29, 1.82) is 0 Å². The molecule has 0 spiro atoms. The van der Waals surface area contributed by atoms with Crippen molar-refractivity contribution < 1.29 is 22.8 Å². The lowest BCUT2D eigenvalue weighted by Crippen LogP contribution is -2.48. The van der Waals surface area contributed by atoms with E-state index in [2.05, 4.69) is 9.80 Å². The van der Waals surface area contributed by atoms with E-state index in [4.69, 9.17) is 5.73 Å². The van der Waals surface area contributed by atoms with E-state index in [1.807, 2.05) is 7.05 Å². The van der Waals surface area contributed by atoms with Crippen molar-refractivity contribution >= 4 is 17.5 Å². The largest absolute Gasteiger partial charge is 0.416 e. The van der Waals surface area contributed by atoms with Gasteiger partial charge in [0.2, 0.25) is 0 Å². The minimum atomic E-state index is -4.48. The number of hydrogen-bond acceptors (Lipinski definition) is 4. The third kappa shape index (κ3) is 5.62.